The van der Waals surface area contributed by atoms with Crippen molar-refractivity contribution in [1.29, 1.82) is 0 Å². The maximum atomic E-state index is 12.8. The molecule has 4 rings (SSSR count). The fourth-order valence-electron chi connectivity index (χ4n) is 3.57. The second-order valence-electron chi connectivity index (χ2n) is 7.81. The molecular formula is C24H23F3N4O2S. The maximum Gasteiger partial charge on any atom is 0.416 e. The van der Waals surface area contributed by atoms with E-state index in [0.29, 0.717) is 17.2 Å². The van der Waals surface area contributed by atoms with Crippen LogP contribution in [0.3, 0.4) is 0 Å². The molecule has 4 aromatic rings. The number of fused-ring (bicyclic) bond motifs is 1. The van der Waals surface area contributed by atoms with E-state index < -0.39 is 17.8 Å². The minimum Gasteiger partial charge on any atom is -0.414 e. The minimum atomic E-state index is -4.42. The van der Waals surface area contributed by atoms with Crippen LogP contribution in [0.5, 0.6) is 0 Å². The van der Waals surface area contributed by atoms with Gasteiger partial charge in [-0.15, -0.1) is 10.2 Å². The normalized spacial score (nSPS) is 12.7. The number of nitrogens with one attached hydrogen (secondary N) is 2. The van der Waals surface area contributed by atoms with Crippen LogP contribution in [0, 0.1) is 0 Å². The number of hydrogen-bond donors (Lipinski definition) is 2. The number of carbonyl (C=O) groups is 1. The number of nitrogens with zero attached hydrogens (tertiary/aromatic N) is 2. The van der Waals surface area contributed by atoms with Crippen molar-refractivity contribution in [3.8, 4) is 0 Å². The van der Waals surface area contributed by atoms with Gasteiger partial charge in [-0.3, -0.25) is 4.79 Å². The standard InChI is InChI=1S/C24H23F3N4O2S/c1-2-11-34-23-31-30-22(33-23)20(13-16-14-28-19-6-4-3-5-18(16)19)29-21(32)12-15-7-9-17(10-8-15)24(25,26)27/h3-10,14,20,28H,2,11-13H2,1H3,(H,29,32)/t20-/m0/s1. The Bertz CT molecular complexity index is 1250. The first-order chi connectivity index (χ1) is 16.3. The van der Waals surface area contributed by atoms with E-state index in [1.165, 1.54) is 23.9 Å². The average Bonchev–Trinajstić information content (AvgIpc) is 3.44. The van der Waals surface area contributed by atoms with Crippen molar-refractivity contribution in [3.05, 3.63) is 77.3 Å². The third-order valence-electron chi connectivity index (χ3n) is 5.23. The van der Waals surface area contributed by atoms with Crippen LogP contribution in [0.2, 0.25) is 0 Å². The number of benzene rings is 2. The van der Waals surface area contributed by atoms with E-state index in [4.69, 9.17) is 4.42 Å². The lowest BCUT2D eigenvalue weighted by molar-refractivity contribution is -0.137. The Morgan fingerprint density at radius 1 is 1.15 bits per heavy atom. The van der Waals surface area contributed by atoms with Gasteiger partial charge in [0.25, 0.3) is 5.22 Å². The van der Waals surface area contributed by atoms with E-state index in [2.05, 4.69) is 20.5 Å². The molecule has 0 aliphatic rings. The van der Waals surface area contributed by atoms with Crippen LogP contribution in [-0.4, -0.2) is 26.8 Å². The van der Waals surface area contributed by atoms with Gasteiger partial charge in [-0.25, -0.2) is 0 Å². The van der Waals surface area contributed by atoms with Crippen LogP contribution >= 0.6 is 11.8 Å². The number of rotatable bonds is 9. The van der Waals surface area contributed by atoms with Gasteiger partial charge in [0.2, 0.25) is 11.8 Å². The monoisotopic (exact) mass is 488 g/mol. The molecule has 2 aromatic carbocycles. The van der Waals surface area contributed by atoms with Gasteiger partial charge in [0.1, 0.15) is 6.04 Å². The summed E-state index contributed by atoms with van der Waals surface area (Å²) in [6.45, 7) is 2.05. The molecule has 10 heteroatoms. The number of aromatic nitrogens is 3. The lowest BCUT2D eigenvalue weighted by atomic mass is 10.0. The number of para-hydroxylation sites is 1. The van der Waals surface area contributed by atoms with Crippen molar-refractivity contribution in [3.63, 3.8) is 0 Å². The van der Waals surface area contributed by atoms with Gasteiger partial charge < -0.3 is 14.7 Å². The third kappa shape index (κ3) is 5.80. The van der Waals surface area contributed by atoms with Gasteiger partial charge in [-0.05, 0) is 35.7 Å². The molecule has 0 aliphatic heterocycles. The number of halogens is 3. The Kier molecular flexibility index (Phi) is 7.26. The molecule has 0 spiro atoms. The number of carbonyl (C=O) groups excluding carboxylic acids is 1. The zero-order valence-corrected chi connectivity index (χ0v) is 19.2. The van der Waals surface area contributed by atoms with Crippen LogP contribution in [0.1, 0.15) is 42.0 Å². The number of H-pyrrole nitrogens is 1. The average molecular weight is 489 g/mol. The summed E-state index contributed by atoms with van der Waals surface area (Å²) in [6.07, 6.45) is -1.26. The van der Waals surface area contributed by atoms with Gasteiger partial charge in [0, 0.05) is 29.3 Å². The highest BCUT2D eigenvalue weighted by molar-refractivity contribution is 7.99. The van der Waals surface area contributed by atoms with Crippen LogP contribution < -0.4 is 5.32 Å². The van der Waals surface area contributed by atoms with E-state index in [1.807, 2.05) is 37.4 Å². The molecule has 0 bridgehead atoms. The van der Waals surface area contributed by atoms with Crippen molar-refractivity contribution in [2.45, 2.75) is 43.6 Å². The van der Waals surface area contributed by atoms with E-state index in [9.17, 15) is 18.0 Å². The zero-order valence-electron chi connectivity index (χ0n) is 18.4. The van der Waals surface area contributed by atoms with Crippen LogP contribution in [0.4, 0.5) is 13.2 Å². The SMILES string of the molecule is CCCSc1nnc([C@H](Cc2c[nH]c3ccccc23)NC(=O)Cc2ccc(C(F)(F)F)cc2)o1. The van der Waals surface area contributed by atoms with Crippen molar-refractivity contribution in [2.75, 3.05) is 5.75 Å². The van der Waals surface area contributed by atoms with Crippen molar-refractivity contribution in [1.82, 2.24) is 20.5 Å². The van der Waals surface area contributed by atoms with Gasteiger partial charge >= 0.3 is 6.18 Å². The molecule has 178 valence electrons. The van der Waals surface area contributed by atoms with Gasteiger partial charge in [-0.2, -0.15) is 13.2 Å². The molecule has 0 saturated carbocycles. The molecule has 2 heterocycles. The largest absolute Gasteiger partial charge is 0.416 e. The summed E-state index contributed by atoms with van der Waals surface area (Å²) in [7, 11) is 0. The lowest BCUT2D eigenvalue weighted by Gasteiger charge is -2.15. The Hall–Kier alpha value is -3.27. The summed E-state index contributed by atoms with van der Waals surface area (Å²) in [5, 5.41) is 12.6. The van der Waals surface area contributed by atoms with E-state index in [-0.39, 0.29) is 18.2 Å². The van der Waals surface area contributed by atoms with Crippen LogP contribution in [0.15, 0.2) is 64.4 Å². The predicted molar refractivity (Wildman–Crippen MR) is 123 cm³/mol. The van der Waals surface area contributed by atoms with Gasteiger partial charge in [0.15, 0.2) is 0 Å². The van der Waals surface area contributed by atoms with Crippen LogP contribution in [0.25, 0.3) is 10.9 Å². The van der Waals surface area contributed by atoms with Gasteiger partial charge in [0.05, 0.1) is 12.0 Å². The second kappa shape index (κ2) is 10.3. The van der Waals surface area contributed by atoms with E-state index in [0.717, 1.165) is 40.8 Å². The van der Waals surface area contributed by atoms with E-state index >= 15 is 0 Å². The first kappa shape index (κ1) is 23.9. The third-order valence-corrected chi connectivity index (χ3v) is 6.25. The molecule has 2 N–H and O–H groups in total. The Balaban J connectivity index is 1.52. The number of thioether (sulfide) groups is 1. The lowest BCUT2D eigenvalue weighted by Crippen LogP contribution is -2.31. The molecule has 0 radical (unpaired) electrons. The summed E-state index contributed by atoms with van der Waals surface area (Å²) in [6, 6.07) is 11.8. The highest BCUT2D eigenvalue weighted by atomic mass is 32.2. The molecule has 0 saturated heterocycles. The first-order valence-corrected chi connectivity index (χ1v) is 11.8. The van der Waals surface area contributed by atoms with Crippen LogP contribution in [-0.2, 0) is 23.8 Å². The summed E-state index contributed by atoms with van der Waals surface area (Å²) >= 11 is 1.44. The van der Waals surface area contributed by atoms with Gasteiger partial charge in [-0.1, -0.05) is 49.0 Å². The van der Waals surface area contributed by atoms with Crippen molar-refractivity contribution < 1.29 is 22.4 Å². The fourth-order valence-corrected chi connectivity index (χ4v) is 4.19. The predicted octanol–water partition coefficient (Wildman–Crippen LogP) is 5.71. The Morgan fingerprint density at radius 3 is 2.65 bits per heavy atom. The minimum absolute atomic E-state index is 0.0753. The number of alkyl halides is 3. The second-order valence-corrected chi connectivity index (χ2v) is 8.86. The smallest absolute Gasteiger partial charge is 0.414 e. The topological polar surface area (TPSA) is 83.8 Å². The molecule has 1 atom stereocenters. The Morgan fingerprint density at radius 2 is 1.91 bits per heavy atom. The zero-order chi connectivity index (χ0) is 24.1. The summed E-state index contributed by atoms with van der Waals surface area (Å²) in [5.41, 5.74) is 1.66. The Labute approximate surface area is 198 Å². The molecule has 0 aliphatic carbocycles. The molecule has 0 unspecified atom stereocenters. The highest BCUT2D eigenvalue weighted by Crippen LogP contribution is 2.29. The number of amides is 1. The van der Waals surface area contributed by atoms with Crippen molar-refractivity contribution >= 4 is 28.6 Å². The number of hydrogen-bond acceptors (Lipinski definition) is 5. The van der Waals surface area contributed by atoms with E-state index in [1.54, 1.807) is 0 Å². The summed E-state index contributed by atoms with van der Waals surface area (Å²) in [5.74, 6) is 0.755. The number of aromatic amines is 1. The summed E-state index contributed by atoms with van der Waals surface area (Å²) < 4.78 is 44.2. The summed E-state index contributed by atoms with van der Waals surface area (Å²) in [4.78, 5) is 16.0. The molecular weight excluding hydrogens is 465 g/mol. The quantitative estimate of drug-likeness (QED) is 0.295. The molecule has 34 heavy (non-hydrogen) atoms. The molecule has 6 nitrogen and oxygen atoms in total. The molecule has 2 aromatic heterocycles. The fraction of sp³-hybridized carbons (Fsp3) is 0.292. The van der Waals surface area contributed by atoms with Crippen molar-refractivity contribution in [2.24, 2.45) is 0 Å². The highest BCUT2D eigenvalue weighted by Gasteiger charge is 2.30. The first-order valence-electron chi connectivity index (χ1n) is 10.8. The molecule has 0 fully saturated rings. The molecule has 1 amide bonds. The maximum absolute atomic E-state index is 12.8.